The van der Waals surface area contributed by atoms with Crippen molar-refractivity contribution in [2.75, 3.05) is 13.7 Å². The van der Waals surface area contributed by atoms with Gasteiger partial charge in [0.15, 0.2) is 6.61 Å². The van der Waals surface area contributed by atoms with E-state index in [-0.39, 0.29) is 11.3 Å². The van der Waals surface area contributed by atoms with Crippen molar-refractivity contribution in [1.82, 2.24) is 0 Å². The van der Waals surface area contributed by atoms with Gasteiger partial charge in [0.1, 0.15) is 11.6 Å². The molecule has 4 nitrogen and oxygen atoms in total. The minimum Gasteiger partial charge on any atom is -0.496 e. The fraction of sp³-hybridized carbons (Fsp3) is 0.125. The smallest absolute Gasteiger partial charge is 0.338 e. The molecule has 0 unspecified atom stereocenters. The van der Waals surface area contributed by atoms with Crippen molar-refractivity contribution >= 4 is 27.7 Å². The Kier molecular flexibility index (Phi) is 5.27. The maximum atomic E-state index is 13.2. The maximum Gasteiger partial charge on any atom is 0.338 e. The summed E-state index contributed by atoms with van der Waals surface area (Å²) in [5.74, 6) is -1.52. The van der Waals surface area contributed by atoms with Crippen LogP contribution in [0.5, 0.6) is 5.75 Å². The van der Waals surface area contributed by atoms with Crippen LogP contribution in [0, 0.1) is 5.82 Å². The van der Waals surface area contributed by atoms with Crippen molar-refractivity contribution in [3.63, 3.8) is 0 Å². The summed E-state index contributed by atoms with van der Waals surface area (Å²) in [5, 5.41) is 0. The van der Waals surface area contributed by atoms with E-state index in [9.17, 15) is 14.0 Å². The molecule has 2 aromatic rings. The zero-order valence-electron chi connectivity index (χ0n) is 11.6. The van der Waals surface area contributed by atoms with Gasteiger partial charge in [-0.05, 0) is 36.4 Å². The van der Waals surface area contributed by atoms with Crippen LogP contribution < -0.4 is 4.74 Å². The number of Topliss-reactive ketones (excluding diaryl/α,β-unsaturated/α-hetero) is 1. The molecule has 0 aliphatic rings. The normalized spacial score (nSPS) is 10.1. The number of rotatable bonds is 5. The number of hydrogen-bond acceptors (Lipinski definition) is 4. The molecule has 0 saturated heterocycles. The SMILES string of the molecule is COc1ccc(F)cc1C(=O)COC(=O)c1cccc(Br)c1. The first-order valence-electron chi connectivity index (χ1n) is 6.30. The molecule has 2 aromatic carbocycles. The lowest BCUT2D eigenvalue weighted by Gasteiger charge is -2.08. The monoisotopic (exact) mass is 366 g/mol. The van der Waals surface area contributed by atoms with Gasteiger partial charge >= 0.3 is 5.97 Å². The van der Waals surface area contributed by atoms with Crippen molar-refractivity contribution in [2.45, 2.75) is 0 Å². The summed E-state index contributed by atoms with van der Waals surface area (Å²) in [5.41, 5.74) is 0.345. The molecule has 2 rings (SSSR count). The fourth-order valence-corrected chi connectivity index (χ4v) is 2.20. The summed E-state index contributed by atoms with van der Waals surface area (Å²) in [7, 11) is 1.37. The van der Waals surface area contributed by atoms with E-state index in [1.54, 1.807) is 24.3 Å². The fourth-order valence-electron chi connectivity index (χ4n) is 1.81. The third-order valence-electron chi connectivity index (χ3n) is 2.86. The predicted molar refractivity (Wildman–Crippen MR) is 81.7 cm³/mol. The van der Waals surface area contributed by atoms with Gasteiger partial charge in [0.25, 0.3) is 0 Å². The maximum absolute atomic E-state index is 13.2. The number of carbonyl (C=O) groups is 2. The molecule has 114 valence electrons. The molecule has 0 fully saturated rings. The summed E-state index contributed by atoms with van der Waals surface area (Å²) in [4.78, 5) is 23.9. The Balaban J connectivity index is 2.07. The number of ether oxygens (including phenoxy) is 2. The molecule has 0 N–H and O–H groups in total. The zero-order chi connectivity index (χ0) is 16.1. The second kappa shape index (κ2) is 7.17. The Morgan fingerprint density at radius 3 is 2.64 bits per heavy atom. The van der Waals surface area contributed by atoms with Crippen molar-refractivity contribution < 1.29 is 23.5 Å². The first kappa shape index (κ1) is 16.2. The number of carbonyl (C=O) groups excluding carboxylic acids is 2. The second-order valence-corrected chi connectivity index (χ2v) is 5.27. The average molecular weight is 367 g/mol. The summed E-state index contributed by atoms with van der Waals surface area (Å²) in [6.07, 6.45) is 0. The largest absolute Gasteiger partial charge is 0.496 e. The van der Waals surface area contributed by atoms with Gasteiger partial charge in [0.05, 0.1) is 18.2 Å². The van der Waals surface area contributed by atoms with Crippen LogP contribution in [-0.2, 0) is 4.74 Å². The first-order chi connectivity index (χ1) is 10.5. The van der Waals surface area contributed by atoms with E-state index in [0.29, 0.717) is 5.56 Å². The van der Waals surface area contributed by atoms with E-state index in [1.165, 1.54) is 19.2 Å². The van der Waals surface area contributed by atoms with Crippen LogP contribution >= 0.6 is 15.9 Å². The van der Waals surface area contributed by atoms with Crippen LogP contribution in [-0.4, -0.2) is 25.5 Å². The zero-order valence-corrected chi connectivity index (χ0v) is 13.2. The Bertz CT molecular complexity index is 715. The van der Waals surface area contributed by atoms with E-state index in [1.807, 2.05) is 0 Å². The molecule has 0 amide bonds. The molecule has 0 aliphatic heterocycles. The Labute approximate surface area is 135 Å². The third-order valence-corrected chi connectivity index (χ3v) is 3.35. The molecular weight excluding hydrogens is 355 g/mol. The van der Waals surface area contributed by atoms with E-state index >= 15 is 0 Å². The lowest BCUT2D eigenvalue weighted by molar-refractivity contribution is 0.0474. The molecule has 0 atom stereocenters. The molecule has 0 radical (unpaired) electrons. The number of hydrogen-bond donors (Lipinski definition) is 0. The van der Waals surface area contributed by atoms with Gasteiger partial charge in [-0.3, -0.25) is 4.79 Å². The van der Waals surface area contributed by atoms with Crippen LogP contribution in [0.15, 0.2) is 46.9 Å². The molecular formula is C16H12BrFO4. The van der Waals surface area contributed by atoms with Gasteiger partial charge < -0.3 is 9.47 Å². The van der Waals surface area contributed by atoms with E-state index in [4.69, 9.17) is 9.47 Å². The van der Waals surface area contributed by atoms with Crippen molar-refractivity contribution in [3.05, 3.63) is 63.9 Å². The van der Waals surface area contributed by atoms with Gasteiger partial charge in [-0.2, -0.15) is 0 Å². The number of esters is 1. The van der Waals surface area contributed by atoms with Crippen LogP contribution in [0.1, 0.15) is 20.7 Å². The highest BCUT2D eigenvalue weighted by molar-refractivity contribution is 9.10. The molecule has 0 saturated carbocycles. The molecule has 6 heteroatoms. The number of methoxy groups -OCH3 is 1. The first-order valence-corrected chi connectivity index (χ1v) is 7.10. The van der Waals surface area contributed by atoms with E-state index < -0.39 is 24.2 Å². The van der Waals surface area contributed by atoms with Gasteiger partial charge in [-0.15, -0.1) is 0 Å². The van der Waals surface area contributed by atoms with Gasteiger partial charge in [-0.25, -0.2) is 9.18 Å². The summed E-state index contributed by atoms with van der Waals surface area (Å²) >= 11 is 3.24. The van der Waals surface area contributed by atoms with Crippen LogP contribution in [0.4, 0.5) is 4.39 Å². The lowest BCUT2D eigenvalue weighted by atomic mass is 10.1. The molecule has 22 heavy (non-hydrogen) atoms. The van der Waals surface area contributed by atoms with Crippen LogP contribution in [0.3, 0.4) is 0 Å². The number of benzene rings is 2. The topological polar surface area (TPSA) is 52.6 Å². The lowest BCUT2D eigenvalue weighted by Crippen LogP contribution is -2.15. The average Bonchev–Trinajstić information content (AvgIpc) is 2.52. The third kappa shape index (κ3) is 3.92. The second-order valence-electron chi connectivity index (χ2n) is 4.35. The molecule has 0 heterocycles. The van der Waals surface area contributed by atoms with Crippen LogP contribution in [0.2, 0.25) is 0 Å². The quantitative estimate of drug-likeness (QED) is 0.598. The number of halogens is 2. The van der Waals surface area contributed by atoms with E-state index in [0.717, 1.165) is 10.5 Å². The van der Waals surface area contributed by atoms with Crippen LogP contribution in [0.25, 0.3) is 0 Å². The Morgan fingerprint density at radius 1 is 1.18 bits per heavy atom. The minimum absolute atomic E-state index is 0.0320. The van der Waals surface area contributed by atoms with Gasteiger partial charge in [0, 0.05) is 4.47 Å². The highest BCUT2D eigenvalue weighted by atomic mass is 79.9. The molecule has 0 aliphatic carbocycles. The van der Waals surface area contributed by atoms with Crippen molar-refractivity contribution in [3.8, 4) is 5.75 Å². The predicted octanol–water partition coefficient (Wildman–Crippen LogP) is 3.64. The summed E-state index contributed by atoms with van der Waals surface area (Å²) < 4.78 is 23.9. The van der Waals surface area contributed by atoms with E-state index in [2.05, 4.69) is 15.9 Å². The summed E-state index contributed by atoms with van der Waals surface area (Å²) in [6, 6.07) is 10.2. The molecule has 0 spiro atoms. The highest BCUT2D eigenvalue weighted by Gasteiger charge is 2.16. The number of ketones is 1. The van der Waals surface area contributed by atoms with Gasteiger partial charge in [0.2, 0.25) is 5.78 Å². The standard InChI is InChI=1S/C16H12BrFO4/c1-21-15-6-5-12(18)8-13(15)14(19)9-22-16(20)10-3-2-4-11(17)7-10/h2-8H,9H2,1H3. The Morgan fingerprint density at radius 2 is 1.95 bits per heavy atom. The highest BCUT2D eigenvalue weighted by Crippen LogP contribution is 2.20. The molecule has 0 bridgehead atoms. The van der Waals surface area contributed by atoms with Crippen molar-refractivity contribution in [1.29, 1.82) is 0 Å². The molecule has 0 aromatic heterocycles. The van der Waals surface area contributed by atoms with Gasteiger partial charge in [-0.1, -0.05) is 22.0 Å². The Hall–Kier alpha value is -2.21. The minimum atomic E-state index is -0.634. The van der Waals surface area contributed by atoms with Crippen molar-refractivity contribution in [2.24, 2.45) is 0 Å². The summed E-state index contributed by atoms with van der Waals surface area (Å²) in [6.45, 7) is -0.495.